The fraction of sp³-hybridized carbons (Fsp3) is 0.261. The molecular formula is C23H26N4O4. The first kappa shape index (κ1) is 22.0. The molecule has 2 unspecified atom stereocenters. The standard InChI is InChI=1S/C23H26N4O4/c1-14(25-26-23(24)30)17(13-27(2)3)19(15-9-5-4-6-10-15)20-21(28)16-11-7-8-12-18(16)31-22(20)29/h4-12,17,19,28H,13H2,1-3H3,(H3,24,26,30). The third kappa shape index (κ3) is 4.92. The lowest BCUT2D eigenvalue weighted by atomic mass is 9.78. The number of para-hydroxylation sites is 1. The number of urea groups is 1. The van der Waals surface area contributed by atoms with Gasteiger partial charge >= 0.3 is 11.7 Å². The van der Waals surface area contributed by atoms with Gasteiger partial charge in [-0.3, -0.25) is 0 Å². The Morgan fingerprint density at radius 1 is 1.16 bits per heavy atom. The molecule has 162 valence electrons. The summed E-state index contributed by atoms with van der Waals surface area (Å²) in [6, 6.07) is 15.4. The first-order chi connectivity index (χ1) is 14.8. The van der Waals surface area contributed by atoms with Crippen molar-refractivity contribution in [1.82, 2.24) is 10.3 Å². The fourth-order valence-electron chi connectivity index (χ4n) is 3.78. The van der Waals surface area contributed by atoms with Crippen LogP contribution in [0.2, 0.25) is 0 Å². The second-order valence-corrected chi connectivity index (χ2v) is 7.63. The highest BCUT2D eigenvalue weighted by Crippen LogP contribution is 2.39. The highest BCUT2D eigenvalue weighted by atomic mass is 16.4. The number of hydrazone groups is 1. The van der Waals surface area contributed by atoms with Crippen LogP contribution < -0.4 is 16.8 Å². The predicted molar refractivity (Wildman–Crippen MR) is 120 cm³/mol. The van der Waals surface area contributed by atoms with E-state index in [2.05, 4.69) is 10.5 Å². The number of amides is 2. The molecule has 4 N–H and O–H groups in total. The van der Waals surface area contributed by atoms with Crippen molar-refractivity contribution in [2.24, 2.45) is 16.8 Å². The molecule has 31 heavy (non-hydrogen) atoms. The molecule has 2 atom stereocenters. The van der Waals surface area contributed by atoms with Gasteiger partial charge < -0.3 is 20.2 Å². The van der Waals surface area contributed by atoms with Crippen molar-refractivity contribution in [3.05, 3.63) is 76.1 Å². The molecule has 1 aromatic heterocycles. The molecule has 0 aliphatic carbocycles. The van der Waals surface area contributed by atoms with Crippen molar-refractivity contribution in [1.29, 1.82) is 0 Å². The normalized spacial score (nSPS) is 13.9. The third-order valence-corrected chi connectivity index (χ3v) is 5.13. The summed E-state index contributed by atoms with van der Waals surface area (Å²) in [6.45, 7) is 2.24. The summed E-state index contributed by atoms with van der Waals surface area (Å²) < 4.78 is 5.55. The Hall–Kier alpha value is -3.65. The minimum atomic E-state index is -0.785. The van der Waals surface area contributed by atoms with Gasteiger partial charge in [-0.1, -0.05) is 42.5 Å². The van der Waals surface area contributed by atoms with Crippen LogP contribution in [0.15, 0.2) is 68.9 Å². The maximum Gasteiger partial charge on any atom is 0.343 e. The highest BCUT2D eigenvalue weighted by Gasteiger charge is 2.33. The van der Waals surface area contributed by atoms with Crippen LogP contribution in [0.4, 0.5) is 4.79 Å². The van der Waals surface area contributed by atoms with E-state index in [0.717, 1.165) is 5.56 Å². The molecule has 1 heterocycles. The molecule has 3 aromatic rings. The third-order valence-electron chi connectivity index (χ3n) is 5.13. The van der Waals surface area contributed by atoms with Crippen molar-refractivity contribution in [3.63, 3.8) is 0 Å². The molecule has 0 radical (unpaired) electrons. The number of aromatic hydroxyl groups is 1. The number of primary amides is 1. The maximum atomic E-state index is 13.1. The second-order valence-electron chi connectivity index (χ2n) is 7.63. The Bertz CT molecular complexity index is 1160. The summed E-state index contributed by atoms with van der Waals surface area (Å²) in [5, 5.41) is 15.7. The molecule has 2 amide bonds. The van der Waals surface area contributed by atoms with Gasteiger partial charge in [0.15, 0.2) is 0 Å². The molecule has 8 nitrogen and oxygen atoms in total. The van der Waals surface area contributed by atoms with Crippen LogP contribution in [0.5, 0.6) is 5.75 Å². The van der Waals surface area contributed by atoms with E-state index in [4.69, 9.17) is 10.2 Å². The summed E-state index contributed by atoms with van der Waals surface area (Å²) in [5.74, 6) is -1.08. The van der Waals surface area contributed by atoms with Gasteiger partial charge in [-0.05, 0) is 38.7 Å². The Labute approximate surface area is 180 Å². The van der Waals surface area contributed by atoms with E-state index in [0.29, 0.717) is 23.2 Å². The van der Waals surface area contributed by atoms with Crippen LogP contribution >= 0.6 is 0 Å². The van der Waals surface area contributed by atoms with Gasteiger partial charge in [0.05, 0.1) is 10.9 Å². The molecule has 8 heteroatoms. The van der Waals surface area contributed by atoms with Crippen LogP contribution in [-0.4, -0.2) is 42.4 Å². The predicted octanol–water partition coefficient (Wildman–Crippen LogP) is 2.85. The zero-order valence-corrected chi connectivity index (χ0v) is 17.7. The number of benzene rings is 2. The molecule has 0 saturated carbocycles. The number of hydrogen-bond donors (Lipinski definition) is 3. The summed E-state index contributed by atoms with van der Waals surface area (Å²) in [4.78, 5) is 26.2. The molecule has 0 saturated heterocycles. The van der Waals surface area contributed by atoms with E-state index in [1.807, 2.05) is 49.3 Å². The quantitative estimate of drug-likeness (QED) is 0.307. The van der Waals surface area contributed by atoms with Gasteiger partial charge in [0.25, 0.3) is 0 Å². The molecule has 2 aromatic carbocycles. The van der Waals surface area contributed by atoms with Crippen molar-refractivity contribution >= 4 is 22.7 Å². The van der Waals surface area contributed by atoms with Gasteiger partial charge in [-0.25, -0.2) is 15.0 Å². The number of carbonyl (C=O) groups excluding carboxylic acids is 1. The number of nitrogens with one attached hydrogen (secondary N) is 1. The number of nitrogens with zero attached hydrogens (tertiary/aromatic N) is 2. The smallest absolute Gasteiger partial charge is 0.343 e. The average molecular weight is 422 g/mol. The second kappa shape index (κ2) is 9.44. The van der Waals surface area contributed by atoms with Gasteiger partial charge in [0.1, 0.15) is 11.3 Å². The van der Waals surface area contributed by atoms with Crippen LogP contribution in [0, 0.1) is 5.92 Å². The largest absolute Gasteiger partial charge is 0.507 e. The fourth-order valence-corrected chi connectivity index (χ4v) is 3.78. The SMILES string of the molecule is CC(=NNC(N)=O)C(CN(C)C)C(c1ccccc1)c1c(O)c2ccccc2oc1=O. The van der Waals surface area contributed by atoms with E-state index in [-0.39, 0.29) is 17.2 Å². The molecule has 0 aliphatic heterocycles. The maximum absolute atomic E-state index is 13.1. The average Bonchev–Trinajstić information content (AvgIpc) is 2.74. The summed E-state index contributed by atoms with van der Waals surface area (Å²) in [7, 11) is 3.79. The lowest BCUT2D eigenvalue weighted by Gasteiger charge is -2.30. The monoisotopic (exact) mass is 422 g/mol. The Balaban J connectivity index is 2.28. The lowest BCUT2D eigenvalue weighted by Crippen LogP contribution is -2.36. The molecule has 3 rings (SSSR count). The summed E-state index contributed by atoms with van der Waals surface area (Å²) in [6.07, 6.45) is 0. The van der Waals surface area contributed by atoms with Gasteiger partial charge in [0, 0.05) is 24.1 Å². The van der Waals surface area contributed by atoms with E-state index in [9.17, 15) is 14.7 Å². The van der Waals surface area contributed by atoms with Gasteiger partial charge in [-0.2, -0.15) is 5.10 Å². The molecule has 0 bridgehead atoms. The van der Waals surface area contributed by atoms with Crippen LogP contribution in [0.1, 0.15) is 24.0 Å². The zero-order valence-electron chi connectivity index (χ0n) is 17.7. The van der Waals surface area contributed by atoms with E-state index in [1.165, 1.54) is 0 Å². The minimum absolute atomic E-state index is 0.125. The molecule has 0 aliphatic rings. The van der Waals surface area contributed by atoms with E-state index in [1.54, 1.807) is 31.2 Å². The zero-order chi connectivity index (χ0) is 22.5. The molecule has 0 fully saturated rings. The van der Waals surface area contributed by atoms with Crippen molar-refractivity contribution in [3.8, 4) is 5.75 Å². The lowest BCUT2D eigenvalue weighted by molar-refractivity contribution is 0.249. The number of fused-ring (bicyclic) bond motifs is 1. The van der Waals surface area contributed by atoms with Crippen molar-refractivity contribution < 1.29 is 14.3 Å². The summed E-state index contributed by atoms with van der Waals surface area (Å²) in [5.41, 5.74) is 8.63. The molecular weight excluding hydrogens is 396 g/mol. The van der Waals surface area contributed by atoms with Gasteiger partial charge in [-0.15, -0.1) is 0 Å². The van der Waals surface area contributed by atoms with Gasteiger partial charge in [0.2, 0.25) is 0 Å². The Morgan fingerprint density at radius 2 is 1.81 bits per heavy atom. The number of carbonyl (C=O) groups is 1. The van der Waals surface area contributed by atoms with Crippen LogP contribution in [0.25, 0.3) is 11.0 Å². The van der Waals surface area contributed by atoms with Crippen molar-refractivity contribution in [2.45, 2.75) is 12.8 Å². The Morgan fingerprint density at radius 3 is 2.45 bits per heavy atom. The highest BCUT2D eigenvalue weighted by molar-refractivity contribution is 5.89. The topological polar surface area (TPSA) is 121 Å². The number of nitrogens with two attached hydrogens (primary N) is 1. The van der Waals surface area contributed by atoms with Crippen LogP contribution in [-0.2, 0) is 0 Å². The van der Waals surface area contributed by atoms with E-state index < -0.39 is 17.6 Å². The summed E-state index contributed by atoms with van der Waals surface area (Å²) >= 11 is 0. The number of rotatable bonds is 7. The van der Waals surface area contributed by atoms with Crippen LogP contribution in [0.3, 0.4) is 0 Å². The molecule has 0 spiro atoms. The number of hydrogen-bond acceptors (Lipinski definition) is 6. The Kier molecular flexibility index (Phi) is 6.71. The van der Waals surface area contributed by atoms with Crippen molar-refractivity contribution in [2.75, 3.05) is 20.6 Å². The first-order valence-electron chi connectivity index (χ1n) is 9.83. The minimum Gasteiger partial charge on any atom is -0.507 e. The van der Waals surface area contributed by atoms with E-state index >= 15 is 0 Å². The first-order valence-corrected chi connectivity index (χ1v) is 9.83.